The Labute approximate surface area is 341 Å². The molecule has 4 amide bonds. The van der Waals surface area contributed by atoms with Gasteiger partial charge in [-0.25, -0.2) is 4.79 Å². The first-order valence-electron chi connectivity index (χ1n) is 19.4. The predicted molar refractivity (Wildman–Crippen MR) is 210 cm³/mol. The second-order valence-corrected chi connectivity index (χ2v) is 14.3. The lowest BCUT2D eigenvalue weighted by Gasteiger charge is -2.38. The first-order valence-corrected chi connectivity index (χ1v) is 19.4. The molecule has 3 rings (SSSR count). The third-order valence-electron chi connectivity index (χ3n) is 9.67. The fourth-order valence-electron chi connectivity index (χ4n) is 6.24. The van der Waals surface area contributed by atoms with Crippen molar-refractivity contribution < 1.29 is 56.2 Å². The standard InChI is InChI=1S/C38H56FN7O6.C2HF3O2/c1-52-37(51)38(42)19-23-46(24-20-38)36(50)31(18-10-12-22-40)44-34(48)30(17-9-4-11-21-39)43-35(49)32(26-28-15-7-3-8-16-28)45-33(47)29(41)25-27-13-5-2-6-14-27;3-2(4,5)1(6)7/h2-3,5-8,13-16,29-32H,4,9-12,17-26,40-42H2,1H3,(H,43,49)(H,44,48)(H,45,47);(H,6,7)/t29-,30?,31-,32-;/m1./s1. The molecule has 2 aromatic rings. The monoisotopic (exact) mass is 839 g/mol. The first kappa shape index (κ1) is 50.0. The van der Waals surface area contributed by atoms with E-state index in [2.05, 4.69) is 16.0 Å². The van der Waals surface area contributed by atoms with Gasteiger partial charge in [0.15, 0.2) is 0 Å². The molecular weight excluding hydrogens is 782 g/mol. The van der Waals surface area contributed by atoms with E-state index in [0.717, 1.165) is 11.1 Å². The van der Waals surface area contributed by atoms with Gasteiger partial charge < -0.3 is 47.9 Å². The van der Waals surface area contributed by atoms with Crippen LogP contribution in [0.1, 0.15) is 68.9 Å². The van der Waals surface area contributed by atoms with E-state index in [-0.39, 0.29) is 51.1 Å². The molecular formula is C40H57F4N7O8. The lowest BCUT2D eigenvalue weighted by atomic mass is 9.88. The normalized spacial score (nSPS) is 15.6. The van der Waals surface area contributed by atoms with Crippen LogP contribution in [0, 0.1) is 0 Å². The van der Waals surface area contributed by atoms with E-state index >= 15 is 0 Å². The fraction of sp³-hybridized carbons (Fsp3) is 0.550. The number of ether oxygens (including phenoxy) is 1. The zero-order chi connectivity index (χ0) is 44.0. The molecule has 0 aromatic heterocycles. The molecule has 1 aliphatic heterocycles. The van der Waals surface area contributed by atoms with Crippen molar-refractivity contribution in [2.24, 2.45) is 17.2 Å². The van der Waals surface area contributed by atoms with Gasteiger partial charge in [-0.15, -0.1) is 0 Å². The van der Waals surface area contributed by atoms with Crippen LogP contribution in [0.2, 0.25) is 0 Å². The summed E-state index contributed by atoms with van der Waals surface area (Å²) in [6.45, 7) is 0.296. The highest BCUT2D eigenvalue weighted by molar-refractivity contribution is 5.95. The number of carbonyl (C=O) groups excluding carboxylic acids is 5. The zero-order valence-corrected chi connectivity index (χ0v) is 33.2. The number of nitrogens with one attached hydrogen (secondary N) is 3. The summed E-state index contributed by atoms with van der Waals surface area (Å²) in [5.74, 6) is -5.33. The van der Waals surface area contributed by atoms with Crippen molar-refractivity contribution in [3.8, 4) is 0 Å². The lowest BCUT2D eigenvalue weighted by Crippen LogP contribution is -2.61. The summed E-state index contributed by atoms with van der Waals surface area (Å²) in [4.78, 5) is 77.6. The SMILES string of the molecule is COC(=O)C1(N)CCN(C(=O)[C@@H](CCCCN)NC(=O)C(CCCCCF)NC(=O)[C@@H](Cc2ccccc2)NC(=O)[C@H](N)Cc2ccccc2)CC1.O=C(O)C(F)(F)F. The molecule has 15 nitrogen and oxygen atoms in total. The van der Waals surface area contributed by atoms with Crippen molar-refractivity contribution in [1.29, 1.82) is 0 Å². The number of carboxylic acid groups (broad SMARTS) is 1. The minimum absolute atomic E-state index is 0.135. The molecule has 19 heteroatoms. The number of carbonyl (C=O) groups is 6. The fourth-order valence-corrected chi connectivity index (χ4v) is 6.24. The van der Waals surface area contributed by atoms with Gasteiger partial charge in [0, 0.05) is 19.5 Å². The molecule has 0 saturated carbocycles. The number of aliphatic carboxylic acids is 1. The van der Waals surface area contributed by atoms with E-state index in [0.29, 0.717) is 45.1 Å². The van der Waals surface area contributed by atoms with Gasteiger partial charge in [0.1, 0.15) is 23.7 Å². The number of alkyl halides is 4. The van der Waals surface area contributed by atoms with E-state index in [1.165, 1.54) is 7.11 Å². The van der Waals surface area contributed by atoms with Gasteiger partial charge in [-0.3, -0.25) is 28.4 Å². The van der Waals surface area contributed by atoms with Gasteiger partial charge in [0.2, 0.25) is 23.6 Å². The number of nitrogens with zero attached hydrogens (tertiary/aromatic N) is 1. The summed E-state index contributed by atoms with van der Waals surface area (Å²) in [6, 6.07) is 14.4. The average molecular weight is 840 g/mol. The van der Waals surface area contributed by atoms with E-state index in [1.807, 2.05) is 60.7 Å². The topological polar surface area (TPSA) is 249 Å². The molecule has 1 heterocycles. The number of unbranched alkanes of at least 4 members (excludes halogenated alkanes) is 3. The van der Waals surface area contributed by atoms with E-state index in [1.54, 1.807) is 4.90 Å². The highest BCUT2D eigenvalue weighted by Gasteiger charge is 2.41. The first-order chi connectivity index (χ1) is 27.9. The number of carboxylic acids is 1. The summed E-state index contributed by atoms with van der Waals surface area (Å²) >= 11 is 0. The number of benzene rings is 2. The average Bonchev–Trinajstić information content (AvgIpc) is 3.21. The Hall–Kier alpha value is -5.14. The summed E-state index contributed by atoms with van der Waals surface area (Å²) in [5, 5.41) is 15.6. The van der Waals surface area contributed by atoms with Crippen LogP contribution >= 0.6 is 0 Å². The number of hydrogen-bond acceptors (Lipinski definition) is 10. The van der Waals surface area contributed by atoms with Crippen LogP contribution in [0.15, 0.2) is 60.7 Å². The second-order valence-electron chi connectivity index (χ2n) is 14.3. The highest BCUT2D eigenvalue weighted by atomic mass is 19.4. The van der Waals surface area contributed by atoms with Crippen LogP contribution in [0.25, 0.3) is 0 Å². The van der Waals surface area contributed by atoms with Crippen molar-refractivity contribution >= 4 is 35.6 Å². The molecule has 0 aliphatic carbocycles. The molecule has 328 valence electrons. The largest absolute Gasteiger partial charge is 0.490 e. The molecule has 0 bridgehead atoms. The predicted octanol–water partition coefficient (Wildman–Crippen LogP) is 2.04. The molecule has 1 unspecified atom stereocenters. The van der Waals surface area contributed by atoms with Gasteiger partial charge in [-0.1, -0.05) is 73.5 Å². The molecule has 1 aliphatic rings. The summed E-state index contributed by atoms with van der Waals surface area (Å²) in [6.07, 6.45) is -1.39. The maximum Gasteiger partial charge on any atom is 0.490 e. The molecule has 10 N–H and O–H groups in total. The third kappa shape index (κ3) is 17.7. The molecule has 1 fully saturated rings. The minimum atomic E-state index is -5.08. The maximum absolute atomic E-state index is 13.9. The van der Waals surface area contributed by atoms with Gasteiger partial charge in [-0.2, -0.15) is 13.2 Å². The number of amides is 4. The van der Waals surface area contributed by atoms with Crippen molar-refractivity contribution in [2.45, 2.75) is 107 Å². The maximum atomic E-state index is 13.9. The van der Waals surface area contributed by atoms with Crippen molar-refractivity contribution in [3.05, 3.63) is 71.8 Å². The number of nitrogens with two attached hydrogens (primary N) is 3. The molecule has 4 atom stereocenters. The Morgan fingerprint density at radius 2 is 1.24 bits per heavy atom. The molecule has 0 spiro atoms. The van der Waals surface area contributed by atoms with Crippen LogP contribution < -0.4 is 33.2 Å². The van der Waals surface area contributed by atoms with Crippen LogP contribution in [-0.2, 0) is 46.3 Å². The quantitative estimate of drug-likeness (QED) is 0.0545. The van der Waals surface area contributed by atoms with Gasteiger partial charge in [0.25, 0.3) is 0 Å². The number of halogens is 4. The second kappa shape index (κ2) is 25.4. The Bertz CT molecular complexity index is 1630. The van der Waals surface area contributed by atoms with E-state index in [4.69, 9.17) is 31.8 Å². The van der Waals surface area contributed by atoms with E-state index in [9.17, 15) is 41.5 Å². The molecule has 2 aromatic carbocycles. The van der Waals surface area contributed by atoms with Crippen LogP contribution in [0.4, 0.5) is 17.6 Å². The molecule has 59 heavy (non-hydrogen) atoms. The van der Waals surface area contributed by atoms with Gasteiger partial charge >= 0.3 is 18.1 Å². The summed E-state index contributed by atoms with van der Waals surface area (Å²) in [5.41, 5.74) is 18.7. The zero-order valence-electron chi connectivity index (χ0n) is 33.2. The van der Waals surface area contributed by atoms with Gasteiger partial charge in [0.05, 0.1) is 19.8 Å². The minimum Gasteiger partial charge on any atom is -0.475 e. The third-order valence-corrected chi connectivity index (χ3v) is 9.67. The molecule has 1 saturated heterocycles. The van der Waals surface area contributed by atoms with Crippen molar-refractivity contribution in [2.75, 3.05) is 33.4 Å². The number of rotatable bonds is 21. The summed E-state index contributed by atoms with van der Waals surface area (Å²) < 4.78 is 49.5. The number of piperidine rings is 1. The van der Waals surface area contributed by atoms with E-state index < -0.39 is 72.2 Å². The molecule has 0 radical (unpaired) electrons. The van der Waals surface area contributed by atoms with Crippen LogP contribution in [0.5, 0.6) is 0 Å². The number of esters is 1. The number of hydrogen-bond donors (Lipinski definition) is 7. The highest BCUT2D eigenvalue weighted by Crippen LogP contribution is 2.22. The number of likely N-dealkylation sites (tertiary alicyclic amines) is 1. The number of methoxy groups -OCH3 is 1. The Morgan fingerprint density at radius 1 is 0.763 bits per heavy atom. The van der Waals surface area contributed by atoms with Gasteiger partial charge in [-0.05, 0) is 69.0 Å². The Balaban J connectivity index is 0.00000157. The van der Waals surface area contributed by atoms with Crippen molar-refractivity contribution in [1.82, 2.24) is 20.9 Å². The summed E-state index contributed by atoms with van der Waals surface area (Å²) in [7, 11) is 1.27. The Morgan fingerprint density at radius 3 is 1.75 bits per heavy atom. The van der Waals surface area contributed by atoms with Crippen LogP contribution in [0.3, 0.4) is 0 Å². The van der Waals surface area contributed by atoms with Crippen molar-refractivity contribution in [3.63, 3.8) is 0 Å². The van der Waals surface area contributed by atoms with Crippen LogP contribution in [-0.4, -0.2) is 115 Å². The lowest BCUT2D eigenvalue weighted by molar-refractivity contribution is -0.192. The Kier molecular flexibility index (Phi) is 21.5. The smallest absolute Gasteiger partial charge is 0.475 e.